The molecule has 0 aromatic carbocycles. The van der Waals surface area contributed by atoms with Gasteiger partial charge >= 0.3 is 0 Å². The molecule has 0 aliphatic rings. The molecule has 26 heavy (non-hydrogen) atoms. The maximum Gasteiger partial charge on any atom is 0.117 e. The monoisotopic (exact) mass is 369 g/mol. The summed E-state index contributed by atoms with van der Waals surface area (Å²) in [5, 5.41) is 0. The average molecular weight is 370 g/mol. The van der Waals surface area contributed by atoms with Crippen LogP contribution in [0.25, 0.3) is 0 Å². The van der Waals surface area contributed by atoms with Gasteiger partial charge in [0.05, 0.1) is 21.1 Å². The van der Waals surface area contributed by atoms with Crippen molar-refractivity contribution in [1.29, 1.82) is 0 Å². The van der Waals surface area contributed by atoms with Gasteiger partial charge in [0.25, 0.3) is 0 Å². The third-order valence-electron chi connectivity index (χ3n) is 4.76. The van der Waals surface area contributed by atoms with E-state index in [0.717, 1.165) is 24.2 Å². The van der Waals surface area contributed by atoms with Crippen molar-refractivity contribution in [3.05, 3.63) is 12.2 Å². The lowest BCUT2D eigenvalue weighted by Gasteiger charge is -2.23. The van der Waals surface area contributed by atoms with E-state index in [1.165, 1.54) is 89.9 Å². The second-order valence-electron chi connectivity index (χ2n) is 8.69. The van der Waals surface area contributed by atoms with Gasteiger partial charge in [0.1, 0.15) is 13.2 Å². The molecule has 0 fully saturated rings. The predicted molar refractivity (Wildman–Crippen MR) is 116 cm³/mol. The van der Waals surface area contributed by atoms with Crippen LogP contribution in [0.2, 0.25) is 0 Å². The van der Waals surface area contributed by atoms with Gasteiger partial charge in [0.2, 0.25) is 0 Å². The molecule has 0 saturated carbocycles. The van der Waals surface area contributed by atoms with Gasteiger partial charge in [0, 0.05) is 6.54 Å². The topological polar surface area (TPSA) is 21.3 Å². The van der Waals surface area contributed by atoms with Gasteiger partial charge in [-0.25, -0.2) is 5.48 Å². The zero-order chi connectivity index (χ0) is 19.3. The van der Waals surface area contributed by atoms with Crippen LogP contribution in [0.3, 0.4) is 0 Å². The molecule has 0 aliphatic heterocycles. The van der Waals surface area contributed by atoms with Crippen molar-refractivity contribution >= 4 is 0 Å². The lowest BCUT2D eigenvalue weighted by molar-refractivity contribution is -0.871. The number of allylic oxidation sites excluding steroid dienone is 2. The third-order valence-corrected chi connectivity index (χ3v) is 4.76. The minimum absolute atomic E-state index is 0.788. The largest absolute Gasteiger partial charge is 0.329 e. The highest BCUT2D eigenvalue weighted by Crippen LogP contribution is 2.09. The van der Waals surface area contributed by atoms with Crippen molar-refractivity contribution in [3.8, 4) is 0 Å². The van der Waals surface area contributed by atoms with Gasteiger partial charge < -0.3 is 4.48 Å². The number of hydrogen-bond donors (Lipinski definition) is 1. The molecule has 1 N–H and O–H groups in total. The van der Waals surface area contributed by atoms with E-state index >= 15 is 0 Å². The smallest absolute Gasteiger partial charge is 0.117 e. The average Bonchev–Trinajstić information content (AvgIpc) is 2.59. The summed E-state index contributed by atoms with van der Waals surface area (Å²) in [6.45, 7) is 5.10. The second-order valence-corrected chi connectivity index (χ2v) is 8.69. The summed E-state index contributed by atoms with van der Waals surface area (Å²) in [6.07, 6.45) is 23.8. The highest BCUT2D eigenvalue weighted by atomic mass is 16.6. The standard InChI is InChI=1S/C23H49N2O/c1-5-6-7-8-9-10-11-12-13-14-15-16-17-18-19-20-21-24-26-23-22-25(2,3)4/h12-13,24H,5-11,14-23H2,1-4H3/q+1/b13-12-. The molecule has 0 aromatic rings. The molecule has 0 unspecified atom stereocenters. The summed E-state index contributed by atoms with van der Waals surface area (Å²) < 4.78 is 0.954. The van der Waals surface area contributed by atoms with Crippen LogP contribution >= 0.6 is 0 Å². The summed E-state index contributed by atoms with van der Waals surface area (Å²) in [4.78, 5) is 5.46. The Labute approximate surface area is 165 Å². The summed E-state index contributed by atoms with van der Waals surface area (Å²) in [5.41, 5.74) is 3.09. The molecular formula is C23H49N2O+. The molecule has 0 spiro atoms. The molecule has 3 nitrogen and oxygen atoms in total. The van der Waals surface area contributed by atoms with Crippen molar-refractivity contribution in [2.24, 2.45) is 0 Å². The molecule has 156 valence electrons. The van der Waals surface area contributed by atoms with E-state index in [-0.39, 0.29) is 0 Å². The fraction of sp³-hybridized carbons (Fsp3) is 0.913. The summed E-state index contributed by atoms with van der Waals surface area (Å²) in [7, 11) is 6.57. The molecule has 0 bridgehead atoms. The van der Waals surface area contributed by atoms with Crippen LogP contribution in [0.4, 0.5) is 0 Å². The van der Waals surface area contributed by atoms with Crippen LogP contribution in [0, 0.1) is 0 Å². The van der Waals surface area contributed by atoms with Gasteiger partial charge in [-0.15, -0.1) is 0 Å². The van der Waals surface area contributed by atoms with Crippen molar-refractivity contribution in [2.75, 3.05) is 40.8 Å². The van der Waals surface area contributed by atoms with Crippen LogP contribution in [-0.4, -0.2) is 45.3 Å². The Kier molecular flexibility index (Phi) is 19.1. The molecule has 0 radical (unpaired) electrons. The van der Waals surface area contributed by atoms with Crippen LogP contribution in [-0.2, 0) is 4.84 Å². The number of hydroxylamine groups is 1. The first-order chi connectivity index (χ1) is 12.6. The number of unbranched alkanes of at least 4 members (excludes halogenated alkanes) is 12. The van der Waals surface area contributed by atoms with E-state index in [2.05, 4.69) is 45.7 Å². The molecule has 0 atom stereocenters. The molecular weight excluding hydrogens is 320 g/mol. The van der Waals surface area contributed by atoms with Gasteiger partial charge in [-0.1, -0.05) is 76.9 Å². The maximum atomic E-state index is 5.46. The first kappa shape index (κ1) is 25.6. The van der Waals surface area contributed by atoms with Gasteiger partial charge in [0.15, 0.2) is 0 Å². The summed E-state index contributed by atoms with van der Waals surface area (Å²) >= 11 is 0. The lowest BCUT2D eigenvalue weighted by atomic mass is 10.1. The first-order valence-corrected chi connectivity index (χ1v) is 11.4. The SMILES string of the molecule is CCCCCCCC/C=C\CCCCCCCCNOCC[N+](C)(C)C. The van der Waals surface area contributed by atoms with Gasteiger partial charge in [-0.05, 0) is 32.1 Å². The van der Waals surface area contributed by atoms with Crippen LogP contribution in [0.1, 0.15) is 96.8 Å². The Bertz CT molecular complexity index is 297. The van der Waals surface area contributed by atoms with Crippen LogP contribution in [0.5, 0.6) is 0 Å². The molecule has 0 aliphatic carbocycles. The molecule has 0 rings (SSSR count). The van der Waals surface area contributed by atoms with E-state index < -0.39 is 0 Å². The number of quaternary nitrogens is 1. The molecule has 0 heterocycles. The minimum Gasteiger partial charge on any atom is -0.329 e. The molecule has 0 amide bonds. The number of rotatable bonds is 20. The highest BCUT2D eigenvalue weighted by Gasteiger charge is 2.05. The Morgan fingerprint density at radius 1 is 0.692 bits per heavy atom. The Morgan fingerprint density at radius 2 is 1.19 bits per heavy atom. The maximum absolute atomic E-state index is 5.46. The van der Waals surface area contributed by atoms with Crippen molar-refractivity contribution < 1.29 is 9.32 Å². The summed E-state index contributed by atoms with van der Waals surface area (Å²) in [6, 6.07) is 0. The second kappa shape index (κ2) is 19.4. The normalized spacial score (nSPS) is 12.3. The Balaban J connectivity index is 3.10. The minimum atomic E-state index is 0.788. The quantitative estimate of drug-likeness (QED) is 0.118. The van der Waals surface area contributed by atoms with E-state index in [1.807, 2.05) is 0 Å². The van der Waals surface area contributed by atoms with E-state index in [9.17, 15) is 0 Å². The lowest BCUT2D eigenvalue weighted by Crippen LogP contribution is -2.38. The number of nitrogens with one attached hydrogen (secondary N) is 1. The Morgan fingerprint density at radius 3 is 1.73 bits per heavy atom. The number of hydrogen-bond acceptors (Lipinski definition) is 2. The van der Waals surface area contributed by atoms with Crippen molar-refractivity contribution in [3.63, 3.8) is 0 Å². The Hall–Kier alpha value is -0.380. The van der Waals surface area contributed by atoms with E-state index in [1.54, 1.807) is 0 Å². The number of nitrogens with zero attached hydrogens (tertiary/aromatic N) is 1. The first-order valence-electron chi connectivity index (χ1n) is 11.4. The van der Waals surface area contributed by atoms with Crippen LogP contribution in [0.15, 0.2) is 12.2 Å². The molecule has 0 saturated heterocycles. The zero-order valence-electron chi connectivity index (χ0n) is 18.5. The van der Waals surface area contributed by atoms with Crippen molar-refractivity contribution in [2.45, 2.75) is 96.8 Å². The van der Waals surface area contributed by atoms with E-state index in [0.29, 0.717) is 0 Å². The predicted octanol–water partition coefficient (Wildman–Crippen LogP) is 6.25. The van der Waals surface area contributed by atoms with Gasteiger partial charge in [-0.3, -0.25) is 4.84 Å². The third kappa shape index (κ3) is 23.6. The molecule has 0 aromatic heterocycles. The van der Waals surface area contributed by atoms with E-state index in [4.69, 9.17) is 4.84 Å². The van der Waals surface area contributed by atoms with Crippen LogP contribution < -0.4 is 5.48 Å². The highest BCUT2D eigenvalue weighted by molar-refractivity contribution is 4.81. The fourth-order valence-electron chi connectivity index (χ4n) is 2.91. The van der Waals surface area contributed by atoms with Crippen molar-refractivity contribution in [1.82, 2.24) is 5.48 Å². The fourth-order valence-corrected chi connectivity index (χ4v) is 2.91. The number of likely N-dealkylation sites (N-methyl/N-ethyl adjacent to an activating group) is 1. The van der Waals surface area contributed by atoms with Gasteiger partial charge in [-0.2, -0.15) is 0 Å². The molecule has 3 heteroatoms. The zero-order valence-corrected chi connectivity index (χ0v) is 18.5. The summed E-state index contributed by atoms with van der Waals surface area (Å²) in [5.74, 6) is 0.